The van der Waals surface area contributed by atoms with Crippen LogP contribution in [0.25, 0.3) is 0 Å². The zero-order chi connectivity index (χ0) is 15.5. The topological polar surface area (TPSA) is 43.4 Å². The average molecular weight is 348 g/mol. The maximum absolute atomic E-state index is 13.1. The molecule has 0 aromatic heterocycles. The molecule has 0 saturated carbocycles. The van der Waals surface area contributed by atoms with E-state index in [9.17, 15) is 30.0 Å². The fourth-order valence-corrected chi connectivity index (χ4v) is 5.15. The van der Waals surface area contributed by atoms with Crippen molar-refractivity contribution < 1.29 is 34.0 Å². The quantitative estimate of drug-likeness (QED) is 0.337. The van der Waals surface area contributed by atoms with E-state index in [-0.39, 0.29) is 0 Å². The van der Waals surface area contributed by atoms with Gasteiger partial charge >= 0.3 is 109 Å². The van der Waals surface area contributed by atoms with Crippen LogP contribution in [0.5, 0.6) is 0 Å². The summed E-state index contributed by atoms with van der Waals surface area (Å²) in [6, 6.07) is 0. The summed E-state index contributed by atoms with van der Waals surface area (Å²) in [6.45, 7) is 5.15. The molecule has 19 heavy (non-hydrogen) atoms. The molecular weight excluding hydrogens is 333 g/mol. The van der Waals surface area contributed by atoms with Gasteiger partial charge in [-0.1, -0.05) is 0 Å². The average Bonchev–Trinajstić information content (AvgIpc) is 2.23. The van der Waals surface area contributed by atoms with E-state index < -0.39 is 31.0 Å². The van der Waals surface area contributed by atoms with Crippen molar-refractivity contribution in [1.82, 2.24) is 0 Å². The summed E-state index contributed by atoms with van der Waals surface area (Å²) in [6.07, 6.45) is 1.07. The second-order valence-electron chi connectivity index (χ2n) is 4.02. The first-order valence-corrected chi connectivity index (χ1v) is 11.2. The van der Waals surface area contributed by atoms with Gasteiger partial charge in [0.1, 0.15) is 0 Å². The van der Waals surface area contributed by atoms with Gasteiger partial charge < -0.3 is 0 Å². The zero-order valence-electron chi connectivity index (χ0n) is 10.4. The van der Waals surface area contributed by atoms with Crippen LogP contribution in [-0.2, 0) is 14.1 Å². The molecule has 11 heteroatoms. The maximum atomic E-state index is 13.1. The molecule has 0 fully saturated rings. The van der Waals surface area contributed by atoms with Crippen molar-refractivity contribution >= 4 is 25.5 Å². The Hall–Kier alpha value is -0.0200. The molecule has 0 aliphatic rings. The van der Waals surface area contributed by atoms with Gasteiger partial charge in [0.05, 0.1) is 0 Å². The summed E-state index contributed by atoms with van der Waals surface area (Å²) in [5.41, 5.74) is -2.27. The summed E-state index contributed by atoms with van der Waals surface area (Å²) in [7, 11) is -14.8. The number of hydrogen-bond acceptors (Lipinski definition) is 3. The van der Waals surface area contributed by atoms with E-state index in [4.69, 9.17) is 0 Å². The van der Waals surface area contributed by atoms with E-state index in [1.807, 2.05) is 0 Å². The predicted octanol–water partition coefficient (Wildman–Crippen LogP) is 3.62. The minimum atomic E-state index is -6.31. The Labute approximate surface area is 110 Å². The Morgan fingerprint density at radius 2 is 1.53 bits per heavy atom. The van der Waals surface area contributed by atoms with Gasteiger partial charge in [-0.05, 0) is 0 Å². The molecular formula is C8H15F5O3P2S. The summed E-state index contributed by atoms with van der Waals surface area (Å²) < 4.78 is 85.9. The van der Waals surface area contributed by atoms with Gasteiger partial charge in [0, 0.05) is 0 Å². The van der Waals surface area contributed by atoms with Crippen molar-refractivity contribution in [3.63, 3.8) is 0 Å². The van der Waals surface area contributed by atoms with Crippen LogP contribution in [0.15, 0.2) is 0 Å². The van der Waals surface area contributed by atoms with Gasteiger partial charge in [-0.25, -0.2) is 0 Å². The number of hydrogen-bond donors (Lipinski definition) is 0. The molecule has 0 N–H and O–H groups in total. The Morgan fingerprint density at radius 3 is 1.84 bits per heavy atom. The fraction of sp³-hybridized carbons (Fsp3) is 0.750. The molecule has 116 valence electrons. The van der Waals surface area contributed by atoms with Crippen molar-refractivity contribution in [1.29, 1.82) is 0 Å². The Kier molecular flexibility index (Phi) is 6.17. The Balaban J connectivity index is 5.20. The summed E-state index contributed by atoms with van der Waals surface area (Å²) in [5, 5.41) is 0. The van der Waals surface area contributed by atoms with Crippen LogP contribution in [0.2, 0.25) is 0 Å². The van der Waals surface area contributed by atoms with Gasteiger partial charge in [0.2, 0.25) is 0 Å². The minimum absolute atomic E-state index is 0.535. The van der Waals surface area contributed by atoms with Crippen LogP contribution in [0.4, 0.5) is 21.6 Å². The van der Waals surface area contributed by atoms with Gasteiger partial charge in [-0.15, -0.1) is 0 Å². The van der Waals surface area contributed by atoms with Crippen LogP contribution in [-0.4, -0.2) is 32.9 Å². The monoisotopic (exact) mass is 348 g/mol. The van der Waals surface area contributed by atoms with Crippen LogP contribution in [0.3, 0.4) is 0 Å². The van der Waals surface area contributed by atoms with Crippen molar-refractivity contribution in [2.24, 2.45) is 0 Å². The standard InChI is InChI=1S/C8H15F5O3P2S/c1-4-17(3,5-2)6-7-18(12,13)16-19(14,15)8(9,10)11/h17-18H,4-5H2,1-3H3. The molecule has 3 nitrogen and oxygen atoms in total. The molecule has 0 amide bonds. The molecule has 0 heterocycles. The third kappa shape index (κ3) is 5.86. The first-order valence-electron chi connectivity index (χ1n) is 5.22. The van der Waals surface area contributed by atoms with Crippen LogP contribution in [0, 0.1) is 11.3 Å². The number of alkyl halides is 3. The van der Waals surface area contributed by atoms with Crippen molar-refractivity contribution in [3.8, 4) is 11.3 Å². The third-order valence-electron chi connectivity index (χ3n) is 2.57. The molecule has 0 unspecified atom stereocenters. The SMILES string of the molecule is CC[PH](C)(C#C[PH](F)(F)OS(=O)(=O)C(F)(F)F)CC. The molecule has 0 saturated heterocycles. The Morgan fingerprint density at radius 1 is 1.11 bits per heavy atom. The van der Waals surface area contributed by atoms with E-state index in [1.54, 1.807) is 20.5 Å². The fourth-order valence-electron chi connectivity index (χ4n) is 0.856. The second-order valence-corrected chi connectivity index (χ2v) is 12.1. The molecule has 0 aromatic carbocycles. The molecule has 0 aliphatic carbocycles. The molecule has 0 aromatic rings. The number of halogens is 5. The zero-order valence-corrected chi connectivity index (χ0v) is 13.3. The molecule has 0 aliphatic heterocycles. The van der Waals surface area contributed by atoms with Gasteiger partial charge in [-0.3, -0.25) is 0 Å². The van der Waals surface area contributed by atoms with Gasteiger partial charge in [0.25, 0.3) is 0 Å². The third-order valence-corrected chi connectivity index (χ3v) is 9.37. The number of rotatable bonds is 4. The van der Waals surface area contributed by atoms with Crippen molar-refractivity contribution in [3.05, 3.63) is 0 Å². The first-order chi connectivity index (χ1) is 8.29. The molecule has 0 bridgehead atoms. The summed E-state index contributed by atoms with van der Waals surface area (Å²) in [5.74, 6) is 0. The van der Waals surface area contributed by atoms with E-state index in [2.05, 4.69) is 9.63 Å². The second kappa shape index (κ2) is 6.17. The van der Waals surface area contributed by atoms with Gasteiger partial charge in [0.15, 0.2) is 0 Å². The van der Waals surface area contributed by atoms with E-state index in [1.165, 1.54) is 5.66 Å². The molecule has 0 atom stereocenters. The van der Waals surface area contributed by atoms with Crippen LogP contribution in [0.1, 0.15) is 13.8 Å². The van der Waals surface area contributed by atoms with E-state index in [0.29, 0.717) is 12.3 Å². The summed E-state index contributed by atoms with van der Waals surface area (Å²) >= 11 is 0. The normalized spacial score (nSPS) is 15.6. The first kappa shape index (κ1) is 19.0. The summed E-state index contributed by atoms with van der Waals surface area (Å²) in [4.78, 5) is 0. The van der Waals surface area contributed by atoms with E-state index >= 15 is 0 Å². The Bertz CT molecular complexity index is 473. The molecule has 0 rings (SSSR count). The van der Waals surface area contributed by atoms with E-state index in [0.717, 1.165) is 0 Å². The predicted molar refractivity (Wildman–Crippen MR) is 69.7 cm³/mol. The molecule has 0 spiro atoms. The van der Waals surface area contributed by atoms with Crippen LogP contribution >= 0.6 is 15.4 Å². The van der Waals surface area contributed by atoms with Crippen molar-refractivity contribution in [2.75, 3.05) is 19.0 Å². The van der Waals surface area contributed by atoms with Crippen molar-refractivity contribution in [2.45, 2.75) is 19.4 Å². The van der Waals surface area contributed by atoms with Crippen LogP contribution < -0.4 is 0 Å². The molecule has 0 radical (unpaired) electrons. The van der Waals surface area contributed by atoms with Gasteiger partial charge in [-0.2, -0.15) is 0 Å².